The number of hydrogen-bond acceptors (Lipinski definition) is 9. The molecule has 0 spiro atoms. The minimum absolute atomic E-state index is 0.240. The van der Waals surface area contributed by atoms with Gasteiger partial charge in [-0.15, -0.1) is 16.4 Å². The highest BCUT2D eigenvalue weighted by molar-refractivity contribution is 7.14. The third kappa shape index (κ3) is 3.48. The van der Waals surface area contributed by atoms with Crippen LogP contribution in [0.25, 0.3) is 17.1 Å². The molecule has 0 saturated heterocycles. The molecular formula is C16H12N8O2S. The minimum atomic E-state index is -0.396. The SMILES string of the molecule is COc1ccc(-c2csc(NC(=O)c3cnnn3-c3cncnc3)n2)nc1. The van der Waals surface area contributed by atoms with Gasteiger partial charge in [0.05, 0.1) is 37.6 Å². The largest absolute Gasteiger partial charge is 0.495 e. The van der Waals surface area contributed by atoms with Crippen molar-refractivity contribution in [3.8, 4) is 22.8 Å². The van der Waals surface area contributed by atoms with Crippen molar-refractivity contribution < 1.29 is 9.53 Å². The fourth-order valence-corrected chi connectivity index (χ4v) is 2.94. The monoisotopic (exact) mass is 380 g/mol. The summed E-state index contributed by atoms with van der Waals surface area (Å²) in [7, 11) is 1.58. The van der Waals surface area contributed by atoms with Gasteiger partial charge in [-0.3, -0.25) is 15.1 Å². The number of rotatable bonds is 5. The van der Waals surface area contributed by atoms with Crippen LogP contribution in [0.3, 0.4) is 0 Å². The smallest absolute Gasteiger partial charge is 0.277 e. The van der Waals surface area contributed by atoms with Crippen LogP contribution in [0.4, 0.5) is 5.13 Å². The number of anilines is 1. The van der Waals surface area contributed by atoms with Crippen LogP contribution < -0.4 is 10.1 Å². The normalized spacial score (nSPS) is 10.6. The maximum absolute atomic E-state index is 12.6. The molecule has 4 rings (SSSR count). The second-order valence-corrected chi connectivity index (χ2v) is 6.06. The fourth-order valence-electron chi connectivity index (χ4n) is 2.24. The Labute approximate surface area is 156 Å². The second-order valence-electron chi connectivity index (χ2n) is 5.20. The molecule has 0 saturated carbocycles. The number of nitrogens with one attached hydrogen (secondary N) is 1. The van der Waals surface area contributed by atoms with Crippen molar-refractivity contribution in [3.05, 3.63) is 54.3 Å². The molecular weight excluding hydrogens is 368 g/mol. The maximum Gasteiger partial charge on any atom is 0.277 e. The van der Waals surface area contributed by atoms with E-state index in [0.29, 0.717) is 28.0 Å². The highest BCUT2D eigenvalue weighted by Gasteiger charge is 2.17. The van der Waals surface area contributed by atoms with E-state index in [1.807, 2.05) is 5.38 Å². The van der Waals surface area contributed by atoms with Crippen LogP contribution in [0.15, 0.2) is 48.6 Å². The molecule has 0 aliphatic heterocycles. The number of aromatic nitrogens is 7. The molecule has 0 unspecified atom stereocenters. The summed E-state index contributed by atoms with van der Waals surface area (Å²) < 4.78 is 6.45. The van der Waals surface area contributed by atoms with Crippen molar-refractivity contribution in [2.45, 2.75) is 0 Å². The molecule has 0 aliphatic carbocycles. The topological polar surface area (TPSA) is 121 Å². The van der Waals surface area contributed by atoms with Gasteiger partial charge in [0.1, 0.15) is 23.5 Å². The first kappa shape index (κ1) is 16.7. The van der Waals surface area contributed by atoms with E-state index < -0.39 is 5.91 Å². The Morgan fingerprint density at radius 3 is 2.74 bits per heavy atom. The molecule has 1 amide bonds. The van der Waals surface area contributed by atoms with Crippen LogP contribution in [0.1, 0.15) is 10.5 Å². The number of carbonyl (C=O) groups is 1. The minimum Gasteiger partial charge on any atom is -0.495 e. The third-order valence-corrected chi connectivity index (χ3v) is 4.29. The van der Waals surface area contributed by atoms with Crippen LogP contribution in [0.2, 0.25) is 0 Å². The lowest BCUT2D eigenvalue weighted by Gasteiger charge is -2.04. The molecule has 4 aromatic rings. The number of thiazole rings is 1. The van der Waals surface area contributed by atoms with E-state index in [1.54, 1.807) is 25.4 Å². The number of carbonyl (C=O) groups excluding carboxylic acids is 1. The van der Waals surface area contributed by atoms with Gasteiger partial charge in [-0.05, 0) is 12.1 Å². The Hall–Kier alpha value is -3.73. The van der Waals surface area contributed by atoms with Crippen molar-refractivity contribution >= 4 is 22.4 Å². The van der Waals surface area contributed by atoms with E-state index in [-0.39, 0.29) is 5.69 Å². The van der Waals surface area contributed by atoms with Gasteiger partial charge in [-0.25, -0.2) is 19.6 Å². The van der Waals surface area contributed by atoms with Crippen LogP contribution in [-0.2, 0) is 0 Å². The van der Waals surface area contributed by atoms with Crippen LogP contribution in [0.5, 0.6) is 5.75 Å². The first-order valence-electron chi connectivity index (χ1n) is 7.68. The summed E-state index contributed by atoms with van der Waals surface area (Å²) in [6.07, 6.45) is 7.44. The van der Waals surface area contributed by atoms with E-state index >= 15 is 0 Å². The zero-order valence-corrected chi connectivity index (χ0v) is 14.8. The molecule has 1 N–H and O–H groups in total. The first-order valence-corrected chi connectivity index (χ1v) is 8.56. The summed E-state index contributed by atoms with van der Waals surface area (Å²) in [4.78, 5) is 29.1. The molecule has 0 aliphatic rings. The van der Waals surface area contributed by atoms with Crippen molar-refractivity contribution in [1.29, 1.82) is 0 Å². The average Bonchev–Trinajstić information content (AvgIpc) is 3.38. The first-order chi connectivity index (χ1) is 13.2. The predicted molar refractivity (Wildman–Crippen MR) is 96.8 cm³/mol. The second kappa shape index (κ2) is 7.25. The van der Waals surface area contributed by atoms with Gasteiger partial charge in [-0.2, -0.15) is 0 Å². The maximum atomic E-state index is 12.6. The molecule has 134 valence electrons. The van der Waals surface area contributed by atoms with E-state index in [4.69, 9.17) is 4.74 Å². The van der Waals surface area contributed by atoms with E-state index in [1.165, 1.54) is 40.9 Å². The van der Waals surface area contributed by atoms with Gasteiger partial charge < -0.3 is 4.74 Å². The Kier molecular flexibility index (Phi) is 4.49. The fraction of sp³-hybridized carbons (Fsp3) is 0.0625. The Morgan fingerprint density at radius 2 is 2.00 bits per heavy atom. The summed E-state index contributed by atoms with van der Waals surface area (Å²) in [6, 6.07) is 3.60. The number of pyridine rings is 1. The number of methoxy groups -OCH3 is 1. The molecule has 27 heavy (non-hydrogen) atoms. The molecule has 0 fully saturated rings. The van der Waals surface area contributed by atoms with Crippen LogP contribution in [0, 0.1) is 0 Å². The van der Waals surface area contributed by atoms with Gasteiger partial charge >= 0.3 is 0 Å². The van der Waals surface area contributed by atoms with Gasteiger partial charge in [0.25, 0.3) is 5.91 Å². The molecule has 4 aromatic heterocycles. The molecule has 0 radical (unpaired) electrons. The predicted octanol–water partition coefficient (Wildman–Crippen LogP) is 1.84. The number of amides is 1. The highest BCUT2D eigenvalue weighted by Crippen LogP contribution is 2.25. The summed E-state index contributed by atoms with van der Waals surface area (Å²) in [6.45, 7) is 0. The molecule has 10 nitrogen and oxygen atoms in total. The molecule has 4 heterocycles. The van der Waals surface area contributed by atoms with Crippen LogP contribution >= 0.6 is 11.3 Å². The molecule has 0 aromatic carbocycles. The lowest BCUT2D eigenvalue weighted by atomic mass is 10.3. The zero-order chi connectivity index (χ0) is 18.6. The van der Waals surface area contributed by atoms with E-state index in [2.05, 4.69) is 35.6 Å². The zero-order valence-electron chi connectivity index (χ0n) is 14.0. The number of nitrogens with zero attached hydrogens (tertiary/aromatic N) is 7. The highest BCUT2D eigenvalue weighted by atomic mass is 32.1. The molecule has 0 atom stereocenters. The summed E-state index contributed by atoms with van der Waals surface area (Å²) in [5, 5.41) is 12.7. The van der Waals surface area contributed by atoms with Crippen molar-refractivity contribution in [2.24, 2.45) is 0 Å². The Bertz CT molecular complexity index is 1060. The van der Waals surface area contributed by atoms with Gasteiger partial charge in [0.15, 0.2) is 10.8 Å². The van der Waals surface area contributed by atoms with Crippen molar-refractivity contribution in [3.63, 3.8) is 0 Å². The number of hydrogen-bond donors (Lipinski definition) is 1. The Morgan fingerprint density at radius 1 is 1.15 bits per heavy atom. The van der Waals surface area contributed by atoms with E-state index in [0.717, 1.165) is 0 Å². The van der Waals surface area contributed by atoms with Crippen LogP contribution in [-0.4, -0.2) is 47.9 Å². The average molecular weight is 380 g/mol. The van der Waals surface area contributed by atoms with Gasteiger partial charge in [-0.1, -0.05) is 5.21 Å². The summed E-state index contributed by atoms with van der Waals surface area (Å²) in [5.41, 5.74) is 2.10. The molecule has 0 bridgehead atoms. The van der Waals surface area contributed by atoms with Gasteiger partial charge in [0.2, 0.25) is 0 Å². The quantitative estimate of drug-likeness (QED) is 0.557. The van der Waals surface area contributed by atoms with E-state index in [9.17, 15) is 4.79 Å². The Balaban J connectivity index is 1.53. The lowest BCUT2D eigenvalue weighted by Crippen LogP contribution is -2.17. The van der Waals surface area contributed by atoms with Crippen molar-refractivity contribution in [2.75, 3.05) is 12.4 Å². The third-order valence-electron chi connectivity index (χ3n) is 3.53. The van der Waals surface area contributed by atoms with Crippen molar-refractivity contribution in [1.82, 2.24) is 34.9 Å². The standard InChI is InChI=1S/C16H12N8O2S/c1-26-11-2-3-12(19-6-11)13-8-27-16(21-13)22-15(25)14-7-20-23-24(14)10-4-17-9-18-5-10/h2-9H,1H3,(H,21,22,25). The summed E-state index contributed by atoms with van der Waals surface area (Å²) in [5.74, 6) is 0.264. The molecule has 11 heteroatoms. The summed E-state index contributed by atoms with van der Waals surface area (Å²) >= 11 is 1.29. The number of ether oxygens (including phenoxy) is 1. The van der Waals surface area contributed by atoms with Gasteiger partial charge in [0, 0.05) is 5.38 Å². The lowest BCUT2D eigenvalue weighted by molar-refractivity contribution is 0.101.